The summed E-state index contributed by atoms with van der Waals surface area (Å²) >= 11 is -1.12. The van der Waals surface area contributed by atoms with Gasteiger partial charge in [-0.3, -0.25) is 4.79 Å². The van der Waals surface area contributed by atoms with Crippen LogP contribution in [0.1, 0.15) is 21.5 Å². The largest absolute Gasteiger partial charge is 0.593 e. The van der Waals surface area contributed by atoms with Crippen LogP contribution in [0.5, 0.6) is 0 Å². The smallest absolute Gasteiger partial charge is 0.251 e. The van der Waals surface area contributed by atoms with Crippen molar-refractivity contribution in [2.24, 2.45) is 0 Å². The number of pyridine rings is 1. The first-order chi connectivity index (χ1) is 13.6. The topological polar surface area (TPSA) is 103 Å². The maximum atomic E-state index is 12.0. The van der Waals surface area contributed by atoms with Crippen LogP contribution >= 0.6 is 0 Å². The minimum Gasteiger partial charge on any atom is -0.593 e. The van der Waals surface area contributed by atoms with Crippen molar-refractivity contribution in [1.82, 2.24) is 15.0 Å². The number of anilines is 1. The van der Waals surface area contributed by atoms with Gasteiger partial charge in [0.25, 0.3) is 5.91 Å². The molecular weight excluding hydrogens is 372 g/mol. The number of hydrogen-bond donors (Lipinski definition) is 3. The Morgan fingerprint density at radius 2 is 1.82 bits per heavy atom. The summed E-state index contributed by atoms with van der Waals surface area (Å²) in [5, 5.41) is 2.86. The van der Waals surface area contributed by atoms with Crippen molar-refractivity contribution in [2.45, 2.75) is 17.9 Å². The van der Waals surface area contributed by atoms with Gasteiger partial charge in [-0.05, 0) is 53.4 Å². The summed E-state index contributed by atoms with van der Waals surface area (Å²) in [7, 11) is 0. The minimum atomic E-state index is -1.12. The Morgan fingerprint density at radius 1 is 1.00 bits per heavy atom. The number of nitrogens with zero attached hydrogens (tertiary/aromatic N) is 1. The monoisotopic (exact) mass is 390 g/mol. The van der Waals surface area contributed by atoms with Crippen LogP contribution in [-0.2, 0) is 24.3 Å². The molecule has 1 aromatic heterocycles. The molecule has 4 N–H and O–H groups in total. The van der Waals surface area contributed by atoms with Crippen molar-refractivity contribution >= 4 is 23.1 Å². The van der Waals surface area contributed by atoms with E-state index in [1.165, 1.54) is 0 Å². The summed E-state index contributed by atoms with van der Waals surface area (Å²) in [6, 6.07) is 13.7. The van der Waals surface area contributed by atoms with Gasteiger partial charge in [-0.25, -0.2) is 4.98 Å². The quantitative estimate of drug-likeness (QED) is 0.583. The lowest BCUT2D eigenvalue weighted by molar-refractivity contribution is 0.0946. The van der Waals surface area contributed by atoms with E-state index in [4.69, 9.17) is 5.73 Å². The summed E-state index contributed by atoms with van der Waals surface area (Å²) < 4.78 is 14.8. The molecule has 6 nitrogen and oxygen atoms in total. The van der Waals surface area contributed by atoms with Crippen LogP contribution in [0.4, 0.5) is 5.82 Å². The number of amides is 1. The Labute approximate surface area is 165 Å². The van der Waals surface area contributed by atoms with E-state index in [1.54, 1.807) is 6.20 Å². The van der Waals surface area contributed by atoms with Gasteiger partial charge in [-0.1, -0.05) is 12.1 Å². The van der Waals surface area contributed by atoms with Gasteiger partial charge in [0.05, 0.1) is 17.9 Å². The summed E-state index contributed by atoms with van der Waals surface area (Å²) in [6.07, 6.45) is 2.56. The van der Waals surface area contributed by atoms with Crippen LogP contribution in [0, 0.1) is 0 Å². The number of hydrogen-bond acceptors (Lipinski definition) is 5. The molecule has 140 valence electrons. The number of carbonyl (C=O) groups is 1. The van der Waals surface area contributed by atoms with E-state index >= 15 is 0 Å². The molecule has 0 saturated heterocycles. The molecule has 2 aliphatic rings. The highest BCUT2D eigenvalue weighted by Gasteiger charge is 2.25. The summed E-state index contributed by atoms with van der Waals surface area (Å²) in [5.41, 5.74) is 12.7. The lowest BCUT2D eigenvalue weighted by Crippen LogP contribution is -2.31. The van der Waals surface area contributed by atoms with Gasteiger partial charge in [-0.15, -0.1) is 4.72 Å². The molecule has 0 radical (unpaired) electrons. The van der Waals surface area contributed by atoms with E-state index in [0.29, 0.717) is 18.9 Å². The fourth-order valence-electron chi connectivity index (χ4n) is 3.76. The molecule has 0 fully saturated rings. The molecule has 2 aliphatic heterocycles. The van der Waals surface area contributed by atoms with Crippen LogP contribution in [0.3, 0.4) is 0 Å². The Morgan fingerprint density at radius 3 is 2.71 bits per heavy atom. The predicted octanol–water partition coefficient (Wildman–Crippen LogP) is 2.41. The Bertz CT molecular complexity index is 1120. The molecule has 1 amide bonds. The lowest BCUT2D eigenvalue weighted by Gasteiger charge is -2.18. The van der Waals surface area contributed by atoms with Crippen LogP contribution < -0.4 is 15.8 Å². The molecule has 1 unspecified atom stereocenters. The number of nitrogens with one attached hydrogen (secondary N) is 2. The van der Waals surface area contributed by atoms with Gasteiger partial charge in [0.2, 0.25) is 0 Å². The average molecular weight is 390 g/mol. The number of nitrogens with two attached hydrogens (primary N) is 1. The Balaban J connectivity index is 1.56. The van der Waals surface area contributed by atoms with Crippen molar-refractivity contribution in [1.29, 1.82) is 0 Å². The Hall–Kier alpha value is -2.87. The SMILES string of the molecule is Nc1ncc(-c2ccc3c(c2)CN[S+]3[O-])cc1-c1ccc2c(c1)CCNC2=O. The van der Waals surface area contributed by atoms with Gasteiger partial charge >= 0.3 is 0 Å². The van der Waals surface area contributed by atoms with E-state index in [0.717, 1.165) is 50.3 Å². The number of aromatic nitrogens is 1. The molecule has 28 heavy (non-hydrogen) atoms. The number of rotatable bonds is 2. The first kappa shape index (κ1) is 17.2. The second-order valence-electron chi connectivity index (χ2n) is 6.95. The zero-order valence-electron chi connectivity index (χ0n) is 15.0. The van der Waals surface area contributed by atoms with Crippen molar-refractivity contribution in [3.8, 4) is 22.3 Å². The molecule has 0 aliphatic carbocycles. The van der Waals surface area contributed by atoms with Gasteiger partial charge in [0, 0.05) is 35.0 Å². The predicted molar refractivity (Wildman–Crippen MR) is 109 cm³/mol. The third-order valence-electron chi connectivity index (χ3n) is 5.25. The van der Waals surface area contributed by atoms with E-state index in [9.17, 15) is 9.35 Å². The van der Waals surface area contributed by atoms with E-state index in [-0.39, 0.29) is 5.91 Å². The minimum absolute atomic E-state index is 0.0308. The first-order valence-electron chi connectivity index (χ1n) is 9.06. The molecule has 3 aromatic rings. The van der Waals surface area contributed by atoms with E-state index < -0.39 is 11.4 Å². The molecule has 0 saturated carbocycles. The molecule has 0 spiro atoms. The molecule has 5 rings (SSSR count). The van der Waals surface area contributed by atoms with E-state index in [2.05, 4.69) is 15.0 Å². The number of carbonyl (C=O) groups excluding carboxylic acids is 1. The lowest BCUT2D eigenvalue weighted by atomic mass is 9.94. The Kier molecular flexibility index (Phi) is 4.08. The fourth-order valence-corrected chi connectivity index (χ4v) is 4.76. The standard InChI is InChI=1S/C21H18N4O2S/c22-20-18(13-1-3-17-14(8-13)5-6-23-21(17)26)9-15(10-24-20)12-2-4-19-16(7-12)11-25-28(19)27/h1-4,7-10,25H,5-6,11H2,(H2,22,24)(H,23,26). The summed E-state index contributed by atoms with van der Waals surface area (Å²) in [5.74, 6) is 0.421. The number of benzene rings is 2. The van der Waals surface area contributed by atoms with Crippen LogP contribution in [0.15, 0.2) is 53.6 Å². The molecular formula is C21H18N4O2S. The highest BCUT2D eigenvalue weighted by atomic mass is 32.2. The highest BCUT2D eigenvalue weighted by Crippen LogP contribution is 2.33. The third-order valence-corrected chi connectivity index (χ3v) is 6.45. The van der Waals surface area contributed by atoms with Gasteiger partial charge in [0.15, 0.2) is 4.90 Å². The second-order valence-corrected chi connectivity index (χ2v) is 8.21. The highest BCUT2D eigenvalue weighted by molar-refractivity contribution is 7.89. The second kappa shape index (κ2) is 6.63. The number of fused-ring (bicyclic) bond motifs is 2. The molecule has 7 heteroatoms. The third kappa shape index (κ3) is 2.84. The zero-order valence-corrected chi connectivity index (χ0v) is 15.8. The van der Waals surface area contributed by atoms with Crippen LogP contribution in [-0.4, -0.2) is 22.0 Å². The van der Waals surface area contributed by atoms with Gasteiger partial charge in [-0.2, -0.15) is 0 Å². The summed E-state index contributed by atoms with van der Waals surface area (Å²) in [6.45, 7) is 1.24. The van der Waals surface area contributed by atoms with Gasteiger partial charge < -0.3 is 15.6 Å². The zero-order chi connectivity index (χ0) is 19.3. The normalized spacial score (nSPS) is 17.8. The maximum Gasteiger partial charge on any atom is 0.251 e. The van der Waals surface area contributed by atoms with Crippen LogP contribution in [0.2, 0.25) is 0 Å². The van der Waals surface area contributed by atoms with Gasteiger partial charge in [0.1, 0.15) is 5.82 Å². The van der Waals surface area contributed by atoms with Crippen molar-refractivity contribution in [2.75, 3.05) is 12.3 Å². The first-order valence-corrected chi connectivity index (χ1v) is 10.2. The van der Waals surface area contributed by atoms with Crippen molar-refractivity contribution < 1.29 is 9.35 Å². The maximum absolute atomic E-state index is 12.0. The summed E-state index contributed by atoms with van der Waals surface area (Å²) in [4.78, 5) is 17.2. The molecule has 2 aromatic carbocycles. The van der Waals surface area contributed by atoms with Crippen molar-refractivity contribution in [3.63, 3.8) is 0 Å². The van der Waals surface area contributed by atoms with Crippen LogP contribution in [0.25, 0.3) is 22.3 Å². The number of nitrogen functional groups attached to an aromatic ring is 1. The molecule has 0 bridgehead atoms. The van der Waals surface area contributed by atoms with E-state index in [1.807, 2.05) is 42.5 Å². The molecule has 3 heterocycles. The average Bonchev–Trinajstić information content (AvgIpc) is 3.08. The fraction of sp³-hybridized carbons (Fsp3) is 0.143. The molecule has 1 atom stereocenters. The van der Waals surface area contributed by atoms with Crippen molar-refractivity contribution in [3.05, 3.63) is 65.4 Å².